The number of amides is 2. The Morgan fingerprint density at radius 1 is 0.348 bits per heavy atom. The Labute approximate surface area is 724 Å². The van der Waals surface area contributed by atoms with E-state index in [4.69, 9.17) is 33.9 Å². The number of aryl methyl sites for hydroxylation is 4. The lowest BCUT2D eigenvalue weighted by Crippen LogP contribution is -2.27. The molecule has 112 heavy (non-hydrogen) atoms. The lowest BCUT2D eigenvalue weighted by atomic mass is 10.0. The zero-order valence-electron chi connectivity index (χ0n) is 68.8. The van der Waals surface area contributed by atoms with Gasteiger partial charge in [-0.15, -0.1) is 90.7 Å². The smallest absolute Gasteiger partial charge is 0.266 e. The average molecular weight is 1730 g/mol. The highest BCUT2D eigenvalue weighted by atomic mass is 32.2. The Balaban J connectivity index is 1.01. The number of hydrogen-bond donors (Lipinski definition) is 0. The number of benzene rings is 1. The molecule has 2 amide bonds. The number of fused-ring (bicyclic) bond motifs is 2. The van der Waals surface area contributed by atoms with Crippen molar-refractivity contribution in [2.24, 2.45) is 11.8 Å². The standard InChI is InChI=1S/C94H124N2O4S12/c1-11-21-27-31-35-39-45-65-53-69(57-81-91(97)95(19-9)93(101)111-81)103-85(65)73-49-51-75(105-73)87-67(47-41-37-33-29-23-13-3)55-77(107-87)79-59-71-83(99-61-63(17-7)43-25-15-5)90-72(84(89(71)109-79)100-62-64(18-8)44-26-16-6)60-80(110-90)78-56-68(48-42-38-34-30-24-14-4)88(108-78)76-52-50-74(106-76)86-66(46-40-36-32-28-22-12-2)54-70(104-86)58-82-92(98)96(20-10)94(102)112-82/h49-60,63-64H,11-48,61-62H2,1-10H3/b81-57-,82-58+. The largest absolute Gasteiger partial charge is 0.491 e. The molecule has 2 aliphatic rings. The van der Waals surface area contributed by atoms with Crippen LogP contribution >= 0.6 is 139 Å². The van der Waals surface area contributed by atoms with Gasteiger partial charge >= 0.3 is 0 Å². The van der Waals surface area contributed by atoms with Crippen molar-refractivity contribution in [3.8, 4) is 70.0 Å². The second-order valence-corrected chi connectivity index (χ2v) is 42.9. The van der Waals surface area contributed by atoms with E-state index in [0.29, 0.717) is 46.8 Å². The van der Waals surface area contributed by atoms with Crippen LogP contribution in [0.4, 0.5) is 0 Å². The van der Waals surface area contributed by atoms with E-state index in [-0.39, 0.29) is 11.8 Å². The first-order chi connectivity index (χ1) is 54.8. The van der Waals surface area contributed by atoms with Gasteiger partial charge in [-0.1, -0.05) is 270 Å². The number of unbranched alkanes of at least 4 members (excludes halogenated alkanes) is 22. The van der Waals surface area contributed by atoms with Gasteiger partial charge in [0.2, 0.25) is 0 Å². The second kappa shape index (κ2) is 46.0. The normalized spacial score (nSPS) is 14.8. The highest BCUT2D eigenvalue weighted by Gasteiger charge is 2.34. The number of carbonyl (C=O) groups excluding carboxylic acids is 2. The van der Waals surface area contributed by atoms with Crippen LogP contribution in [-0.4, -0.2) is 56.6 Å². The minimum Gasteiger partial charge on any atom is -0.491 e. The van der Waals surface area contributed by atoms with Crippen molar-refractivity contribution < 1.29 is 19.1 Å². The summed E-state index contributed by atoms with van der Waals surface area (Å²) in [7, 11) is 0. The van der Waals surface area contributed by atoms with E-state index < -0.39 is 0 Å². The van der Waals surface area contributed by atoms with Gasteiger partial charge in [0.1, 0.15) is 20.1 Å². The van der Waals surface area contributed by atoms with E-state index in [2.05, 4.69) is 128 Å². The van der Waals surface area contributed by atoms with Gasteiger partial charge in [0.05, 0.1) is 32.4 Å². The molecule has 0 N–H and O–H groups in total. The summed E-state index contributed by atoms with van der Waals surface area (Å²) in [5.41, 5.74) is 5.71. The average Bonchev–Trinajstić information content (AvgIpc) is 1.58. The summed E-state index contributed by atoms with van der Waals surface area (Å²) in [4.78, 5) is 50.3. The lowest BCUT2D eigenvalue weighted by Gasteiger charge is -2.19. The number of thiophene rings is 8. The first kappa shape index (κ1) is 89.0. The molecule has 18 heteroatoms. The molecule has 2 saturated heterocycles. The topological polar surface area (TPSA) is 59.1 Å². The van der Waals surface area contributed by atoms with Crippen LogP contribution in [-0.2, 0) is 35.3 Å². The van der Waals surface area contributed by atoms with Crippen LogP contribution in [0.1, 0.15) is 307 Å². The SMILES string of the molecule is CCCCCCCCc1cc(/C=C2\SC(=S)N(CC)C2=O)sc1-c1ccc(-c2sc(-c3cc4c(OCC(CC)CCCC)c5sc(-c6cc(CCCCCCCC)c(-c7ccc(-c8sc(/C=C9/SC(=S)N(CC)C9=O)cc8CCCCCCCC)s7)s6)cc5c(OCC(CC)CCCC)c4s3)cc2CCCCCCCC)s1. The first-order valence-electron chi connectivity index (χ1n) is 43.3. The highest BCUT2D eigenvalue weighted by molar-refractivity contribution is 8.27. The monoisotopic (exact) mass is 1730 g/mol. The van der Waals surface area contributed by atoms with Crippen molar-refractivity contribution in [3.63, 3.8) is 0 Å². The number of nitrogens with zero attached hydrogens (tertiary/aromatic N) is 2. The molecular weight excluding hydrogens is 1610 g/mol. The van der Waals surface area contributed by atoms with Crippen LogP contribution in [0.25, 0.3) is 90.9 Å². The van der Waals surface area contributed by atoms with Crippen LogP contribution in [0.15, 0.2) is 70.5 Å². The van der Waals surface area contributed by atoms with Gasteiger partial charge in [-0.2, -0.15) is 0 Å². The molecule has 10 heterocycles. The number of ether oxygens (including phenoxy) is 2. The molecule has 2 atom stereocenters. The molecule has 0 aliphatic carbocycles. The van der Waals surface area contributed by atoms with E-state index in [1.807, 2.05) is 105 Å². The number of likely N-dealkylation sites (N-methyl/N-ethyl adjacent to an activating group) is 2. The Morgan fingerprint density at radius 2 is 0.652 bits per heavy atom. The summed E-state index contributed by atoms with van der Waals surface area (Å²) in [6.45, 7) is 25.1. The number of carbonyl (C=O) groups is 2. The molecule has 1 aromatic carbocycles. The van der Waals surface area contributed by atoms with Gasteiger partial charge in [0.15, 0.2) is 0 Å². The molecule has 11 rings (SSSR count). The number of thioether (sulfide) groups is 2. The van der Waals surface area contributed by atoms with Crippen LogP contribution in [0, 0.1) is 11.8 Å². The summed E-state index contributed by atoms with van der Waals surface area (Å²) >= 11 is 29.7. The predicted molar refractivity (Wildman–Crippen MR) is 514 cm³/mol. The van der Waals surface area contributed by atoms with Crippen molar-refractivity contribution in [1.29, 1.82) is 0 Å². The van der Waals surface area contributed by atoms with Crippen molar-refractivity contribution in [2.45, 2.75) is 300 Å². The predicted octanol–water partition coefficient (Wildman–Crippen LogP) is 33.7. The van der Waals surface area contributed by atoms with Crippen LogP contribution in [0.2, 0.25) is 0 Å². The minimum absolute atomic E-state index is 0.0251. The fourth-order valence-electron chi connectivity index (χ4n) is 15.5. The summed E-state index contributed by atoms with van der Waals surface area (Å²) in [5, 5.41) is 2.37. The van der Waals surface area contributed by atoms with Crippen molar-refractivity contribution in [2.75, 3.05) is 26.3 Å². The highest BCUT2D eigenvalue weighted by Crippen LogP contribution is 2.57. The Hall–Kier alpha value is -3.76. The maximum Gasteiger partial charge on any atom is 0.266 e. The molecule has 6 nitrogen and oxygen atoms in total. The lowest BCUT2D eigenvalue weighted by molar-refractivity contribution is -0.122. The zero-order valence-corrected chi connectivity index (χ0v) is 78.6. The summed E-state index contributed by atoms with van der Waals surface area (Å²) in [6.07, 6.45) is 47.8. The number of rotatable bonds is 52. The van der Waals surface area contributed by atoms with E-state index >= 15 is 0 Å². The molecule has 0 spiro atoms. The van der Waals surface area contributed by atoms with Gasteiger partial charge in [-0.25, -0.2) is 0 Å². The number of thiocarbonyl (C=S) groups is 2. The molecule has 0 saturated carbocycles. The third-order valence-corrected chi connectivity index (χ3v) is 35.3. The Kier molecular flexibility index (Phi) is 36.6. The molecule has 8 aromatic heterocycles. The van der Waals surface area contributed by atoms with Gasteiger partial charge in [0.25, 0.3) is 11.8 Å². The van der Waals surface area contributed by atoms with E-state index in [9.17, 15) is 9.59 Å². The minimum atomic E-state index is 0.0251. The summed E-state index contributed by atoms with van der Waals surface area (Å²) in [6, 6.07) is 24.5. The maximum atomic E-state index is 13.6. The molecule has 0 bridgehead atoms. The molecule has 606 valence electrons. The van der Waals surface area contributed by atoms with Crippen LogP contribution in [0.5, 0.6) is 11.5 Å². The fraction of sp³-hybridized carbons (Fsp3) is 0.553. The van der Waals surface area contributed by atoms with Crippen molar-refractivity contribution in [1.82, 2.24) is 9.80 Å². The van der Waals surface area contributed by atoms with Crippen molar-refractivity contribution in [3.05, 3.63) is 102 Å². The third-order valence-electron chi connectivity index (χ3n) is 22.4. The van der Waals surface area contributed by atoms with Crippen LogP contribution in [0.3, 0.4) is 0 Å². The van der Waals surface area contributed by atoms with Gasteiger partial charge in [-0.05, 0) is 185 Å². The Morgan fingerprint density at radius 3 is 0.964 bits per heavy atom. The maximum absolute atomic E-state index is 13.6. The summed E-state index contributed by atoms with van der Waals surface area (Å²) in [5.74, 6) is 3.01. The first-order valence-corrected chi connectivity index (χ1v) is 52.3. The second-order valence-electron chi connectivity index (χ2n) is 31.0. The fourth-order valence-corrected chi connectivity index (χ4v) is 28.2. The van der Waals surface area contributed by atoms with Crippen molar-refractivity contribution >= 4 is 191 Å². The Bertz CT molecular complexity index is 4230. The van der Waals surface area contributed by atoms with E-state index in [0.717, 1.165) is 95.3 Å². The van der Waals surface area contributed by atoms with Crippen LogP contribution < -0.4 is 9.47 Å². The van der Waals surface area contributed by atoms with E-state index in [1.165, 1.54) is 291 Å². The van der Waals surface area contributed by atoms with E-state index in [1.54, 1.807) is 9.80 Å². The molecule has 2 aliphatic heterocycles. The molecule has 0 radical (unpaired) electrons. The molecule has 2 unspecified atom stereocenters. The van der Waals surface area contributed by atoms with Gasteiger partial charge in [0, 0.05) is 92.1 Å². The molecule has 9 aromatic rings. The quantitative estimate of drug-likeness (QED) is 0.0212. The third kappa shape index (κ3) is 23.4. The number of hydrogen-bond acceptors (Lipinski definition) is 16. The van der Waals surface area contributed by atoms with Gasteiger partial charge in [-0.3, -0.25) is 19.4 Å². The molecular formula is C94H124N2O4S12. The zero-order chi connectivity index (χ0) is 78.9. The van der Waals surface area contributed by atoms with Gasteiger partial charge < -0.3 is 9.47 Å². The molecule has 2 fully saturated rings. The summed E-state index contributed by atoms with van der Waals surface area (Å²) < 4.78 is 18.8.